The number of aliphatic hydroxyl groups is 2. The average molecular weight is 389 g/mol. The second kappa shape index (κ2) is 13.4. The van der Waals surface area contributed by atoms with E-state index in [1.807, 2.05) is 42.5 Å². The minimum atomic E-state index is -0.863. The first-order chi connectivity index (χ1) is 13.4. The van der Waals surface area contributed by atoms with Crippen molar-refractivity contribution >= 4 is 11.6 Å². The SMILES string of the molecule is CCCCC=CC(C)(O)C/C=C/[C@H]1C=CC(=O)[C@@H]1C/C=C\CCCC(=O)CO. The van der Waals surface area contributed by atoms with Crippen molar-refractivity contribution < 1.29 is 19.8 Å². The van der Waals surface area contributed by atoms with Gasteiger partial charge in [0.15, 0.2) is 11.6 Å². The van der Waals surface area contributed by atoms with Crippen molar-refractivity contribution in [3.8, 4) is 0 Å². The molecule has 28 heavy (non-hydrogen) atoms. The summed E-state index contributed by atoms with van der Waals surface area (Å²) in [6.45, 7) is 3.56. The average Bonchev–Trinajstić information content (AvgIpc) is 3.01. The highest BCUT2D eigenvalue weighted by atomic mass is 16.3. The van der Waals surface area contributed by atoms with Crippen LogP contribution in [0.5, 0.6) is 0 Å². The second-order valence-corrected chi connectivity index (χ2v) is 7.78. The number of unbranched alkanes of at least 4 members (excludes halogenated alkanes) is 3. The molecule has 0 fully saturated rings. The Kier molecular flexibility index (Phi) is 11.6. The molecule has 0 bridgehead atoms. The van der Waals surface area contributed by atoms with E-state index in [4.69, 9.17) is 5.11 Å². The summed E-state index contributed by atoms with van der Waals surface area (Å²) in [7, 11) is 0. The molecule has 1 aliphatic rings. The van der Waals surface area contributed by atoms with Gasteiger partial charge in [0.25, 0.3) is 0 Å². The van der Waals surface area contributed by atoms with E-state index in [1.165, 1.54) is 0 Å². The molecule has 0 heterocycles. The van der Waals surface area contributed by atoms with Crippen LogP contribution in [-0.4, -0.2) is 34.0 Å². The molecule has 0 aliphatic heterocycles. The molecule has 2 N–H and O–H groups in total. The lowest BCUT2D eigenvalue weighted by molar-refractivity contribution is -0.121. The third-order valence-electron chi connectivity index (χ3n) is 4.96. The van der Waals surface area contributed by atoms with Crippen molar-refractivity contribution in [2.75, 3.05) is 6.61 Å². The van der Waals surface area contributed by atoms with Gasteiger partial charge in [0.2, 0.25) is 0 Å². The maximum absolute atomic E-state index is 12.1. The molecule has 0 aromatic rings. The van der Waals surface area contributed by atoms with Crippen molar-refractivity contribution in [2.24, 2.45) is 11.8 Å². The van der Waals surface area contributed by atoms with Gasteiger partial charge in [-0.1, -0.05) is 62.3 Å². The van der Waals surface area contributed by atoms with E-state index >= 15 is 0 Å². The smallest absolute Gasteiger partial charge is 0.159 e. The van der Waals surface area contributed by atoms with Gasteiger partial charge in [-0.2, -0.15) is 0 Å². The zero-order valence-corrected chi connectivity index (χ0v) is 17.3. The molecule has 0 aromatic heterocycles. The number of hydrogen-bond acceptors (Lipinski definition) is 4. The monoisotopic (exact) mass is 388 g/mol. The van der Waals surface area contributed by atoms with E-state index < -0.39 is 5.60 Å². The van der Waals surface area contributed by atoms with Crippen LogP contribution in [0.2, 0.25) is 0 Å². The number of hydrogen-bond donors (Lipinski definition) is 2. The minimum absolute atomic E-state index is 0.0630. The molecule has 1 rings (SSSR count). The summed E-state index contributed by atoms with van der Waals surface area (Å²) in [6.07, 6.45) is 21.8. The Balaban J connectivity index is 2.43. The first-order valence-electron chi connectivity index (χ1n) is 10.5. The van der Waals surface area contributed by atoms with Crippen LogP contribution in [0.4, 0.5) is 0 Å². The Morgan fingerprint density at radius 1 is 1.18 bits per heavy atom. The van der Waals surface area contributed by atoms with Crippen molar-refractivity contribution in [1.29, 1.82) is 0 Å². The molecule has 0 aromatic carbocycles. The predicted molar refractivity (Wildman–Crippen MR) is 114 cm³/mol. The highest BCUT2D eigenvalue weighted by Gasteiger charge is 2.27. The summed E-state index contributed by atoms with van der Waals surface area (Å²) >= 11 is 0. The molecule has 3 atom stereocenters. The van der Waals surface area contributed by atoms with Gasteiger partial charge in [0.05, 0.1) is 5.60 Å². The Morgan fingerprint density at radius 3 is 2.64 bits per heavy atom. The third-order valence-corrected chi connectivity index (χ3v) is 4.96. The van der Waals surface area contributed by atoms with Crippen molar-refractivity contribution in [3.05, 3.63) is 48.6 Å². The van der Waals surface area contributed by atoms with E-state index in [-0.39, 0.29) is 30.0 Å². The maximum Gasteiger partial charge on any atom is 0.159 e. The lowest BCUT2D eigenvalue weighted by Crippen LogP contribution is -2.19. The summed E-state index contributed by atoms with van der Waals surface area (Å²) < 4.78 is 0. The number of ketones is 2. The quantitative estimate of drug-likeness (QED) is 0.340. The highest BCUT2D eigenvalue weighted by molar-refractivity contribution is 5.95. The molecule has 1 unspecified atom stereocenters. The summed E-state index contributed by atoms with van der Waals surface area (Å²) in [5, 5.41) is 19.1. The maximum atomic E-state index is 12.1. The molecule has 0 amide bonds. The molecule has 0 saturated carbocycles. The molecule has 0 radical (unpaired) electrons. The van der Waals surface area contributed by atoms with Gasteiger partial charge in [-0.25, -0.2) is 0 Å². The molecule has 156 valence electrons. The van der Waals surface area contributed by atoms with Gasteiger partial charge < -0.3 is 10.2 Å². The van der Waals surface area contributed by atoms with Crippen LogP contribution in [0, 0.1) is 11.8 Å². The molecule has 1 aliphatic carbocycles. The van der Waals surface area contributed by atoms with Crippen LogP contribution >= 0.6 is 0 Å². The topological polar surface area (TPSA) is 74.6 Å². The zero-order valence-electron chi connectivity index (χ0n) is 17.3. The Hall–Kier alpha value is -1.78. The summed E-state index contributed by atoms with van der Waals surface area (Å²) in [4.78, 5) is 23.1. The van der Waals surface area contributed by atoms with E-state index in [0.29, 0.717) is 19.3 Å². The number of aliphatic hydroxyl groups excluding tert-OH is 1. The van der Waals surface area contributed by atoms with Crippen LogP contribution < -0.4 is 0 Å². The number of Topliss-reactive ketones (excluding diaryl/α,β-unsaturated/α-hetero) is 1. The van der Waals surface area contributed by atoms with E-state index in [1.54, 1.807) is 13.0 Å². The lowest BCUT2D eigenvalue weighted by Gasteiger charge is -2.17. The van der Waals surface area contributed by atoms with E-state index in [9.17, 15) is 14.7 Å². The van der Waals surface area contributed by atoms with E-state index in [2.05, 4.69) is 6.92 Å². The standard InChI is InChI=1S/C24H36O4/c1-3-4-5-10-17-24(2,28)18-11-12-20-15-16-23(27)22(20)14-9-7-6-8-13-21(26)19-25/h7,9-12,15-17,20,22,25,28H,3-6,8,13-14,18-19H2,1-2H3/b9-7-,12-11+,17-10?/t20-,22+,24?/m0/s1. The van der Waals surface area contributed by atoms with Crippen molar-refractivity contribution in [2.45, 2.75) is 70.8 Å². The summed E-state index contributed by atoms with van der Waals surface area (Å²) in [5.74, 6) is -0.0181. The van der Waals surface area contributed by atoms with E-state index in [0.717, 1.165) is 32.1 Å². The van der Waals surface area contributed by atoms with Gasteiger partial charge in [0, 0.05) is 18.3 Å². The first kappa shape index (κ1) is 24.3. The van der Waals surface area contributed by atoms with Gasteiger partial charge in [-0.15, -0.1) is 0 Å². The van der Waals surface area contributed by atoms with Gasteiger partial charge in [-0.05, 0) is 45.1 Å². The van der Waals surface area contributed by atoms with Crippen LogP contribution in [0.25, 0.3) is 0 Å². The van der Waals surface area contributed by atoms with Crippen LogP contribution in [0.3, 0.4) is 0 Å². The van der Waals surface area contributed by atoms with Crippen LogP contribution in [0.1, 0.15) is 65.2 Å². The molecular formula is C24H36O4. The second-order valence-electron chi connectivity index (χ2n) is 7.78. The molecular weight excluding hydrogens is 352 g/mol. The Morgan fingerprint density at radius 2 is 1.93 bits per heavy atom. The molecule has 4 nitrogen and oxygen atoms in total. The molecule has 4 heteroatoms. The fourth-order valence-corrected chi connectivity index (χ4v) is 3.17. The fourth-order valence-electron chi connectivity index (χ4n) is 3.17. The fraction of sp³-hybridized carbons (Fsp3) is 0.583. The van der Waals surface area contributed by atoms with Crippen molar-refractivity contribution in [1.82, 2.24) is 0 Å². The number of carbonyl (C=O) groups excluding carboxylic acids is 2. The normalized spacial score (nSPS) is 22.1. The Bertz CT molecular complexity index is 596. The zero-order chi connectivity index (χ0) is 20.8. The minimum Gasteiger partial charge on any atom is -0.389 e. The molecule has 0 saturated heterocycles. The third kappa shape index (κ3) is 9.95. The van der Waals surface area contributed by atoms with Gasteiger partial charge >= 0.3 is 0 Å². The van der Waals surface area contributed by atoms with Crippen LogP contribution in [-0.2, 0) is 9.59 Å². The van der Waals surface area contributed by atoms with Gasteiger partial charge in [-0.3, -0.25) is 9.59 Å². The number of allylic oxidation sites excluding steroid dienone is 6. The van der Waals surface area contributed by atoms with Crippen LogP contribution in [0.15, 0.2) is 48.6 Å². The number of rotatable bonds is 14. The summed E-state index contributed by atoms with van der Waals surface area (Å²) in [5.41, 5.74) is -0.863. The highest BCUT2D eigenvalue weighted by Crippen LogP contribution is 2.28. The first-order valence-corrected chi connectivity index (χ1v) is 10.5. The molecule has 0 spiro atoms. The summed E-state index contributed by atoms with van der Waals surface area (Å²) in [6, 6.07) is 0. The van der Waals surface area contributed by atoms with Gasteiger partial charge in [0.1, 0.15) is 6.61 Å². The lowest BCUT2D eigenvalue weighted by atomic mass is 9.90. The predicted octanol–water partition coefficient (Wildman–Crippen LogP) is 4.48. The number of carbonyl (C=O) groups is 2. The largest absolute Gasteiger partial charge is 0.389 e. The Labute approximate surface area is 169 Å². The van der Waals surface area contributed by atoms with Crippen molar-refractivity contribution in [3.63, 3.8) is 0 Å².